The number of hydrogen-bond acceptors (Lipinski definition) is 7. The number of hydrogen-bond donors (Lipinski definition) is 7. The predicted octanol–water partition coefficient (Wildman–Crippen LogP) is -4.10. The monoisotopic (exact) mass is 371 g/mol. The standard InChI is InChI=1S/C15H30FN9O/c1-8-22-20-7-24(8)11-2-3-18-5-10(11)21-15(26)12-13(17)23-25-6-9(16)4-19-14(12)25/h8-14,18-20,22,25H,2-7,17H2,1H3,(H,21,26). The molecule has 4 heterocycles. The summed E-state index contributed by atoms with van der Waals surface area (Å²) < 4.78 is 13.6. The van der Waals surface area contributed by atoms with Crippen LogP contribution in [0.25, 0.3) is 5.43 Å². The maximum atomic E-state index is 13.6. The van der Waals surface area contributed by atoms with Crippen LogP contribution >= 0.6 is 0 Å². The minimum atomic E-state index is -0.956. The van der Waals surface area contributed by atoms with Gasteiger partial charge in [-0.1, -0.05) is 0 Å². The third kappa shape index (κ3) is 3.45. The summed E-state index contributed by atoms with van der Waals surface area (Å²) in [6.45, 7) is 5.02. The van der Waals surface area contributed by atoms with Gasteiger partial charge >= 0.3 is 0 Å². The number of nitrogens with two attached hydrogens (primary N) is 1. The van der Waals surface area contributed by atoms with Crippen molar-refractivity contribution in [2.45, 2.75) is 50.1 Å². The number of fused-ring (bicyclic) bond motifs is 1. The summed E-state index contributed by atoms with van der Waals surface area (Å²) >= 11 is 0. The normalized spacial score (nSPS) is 46.9. The Hall–Kier alpha value is -0.920. The molecule has 4 aliphatic rings. The molecule has 26 heavy (non-hydrogen) atoms. The van der Waals surface area contributed by atoms with Crippen molar-refractivity contribution >= 4 is 5.91 Å². The number of piperidine rings is 1. The van der Waals surface area contributed by atoms with Crippen LogP contribution in [0.3, 0.4) is 0 Å². The van der Waals surface area contributed by atoms with E-state index in [9.17, 15) is 9.18 Å². The molecule has 11 heteroatoms. The van der Waals surface area contributed by atoms with E-state index in [4.69, 9.17) is 5.73 Å². The van der Waals surface area contributed by atoms with Gasteiger partial charge in [0.1, 0.15) is 18.6 Å². The molecule has 0 aromatic heterocycles. The minimum absolute atomic E-state index is 0.00540. The van der Waals surface area contributed by atoms with Gasteiger partial charge in [0.05, 0.1) is 18.9 Å². The molecule has 10 nitrogen and oxygen atoms in total. The van der Waals surface area contributed by atoms with Gasteiger partial charge in [0, 0.05) is 19.1 Å². The van der Waals surface area contributed by atoms with E-state index in [1.54, 1.807) is 0 Å². The van der Waals surface area contributed by atoms with Gasteiger partial charge in [-0.25, -0.2) is 15.2 Å². The molecule has 0 radical (unpaired) electrons. The average Bonchev–Trinajstić information content (AvgIpc) is 3.17. The smallest absolute Gasteiger partial charge is 0.230 e. The van der Waals surface area contributed by atoms with Gasteiger partial charge in [-0.05, 0) is 26.1 Å². The van der Waals surface area contributed by atoms with Crippen molar-refractivity contribution in [2.75, 3.05) is 32.8 Å². The van der Waals surface area contributed by atoms with E-state index in [0.29, 0.717) is 5.01 Å². The molecule has 8 N–H and O–H groups in total. The molecule has 4 saturated heterocycles. The van der Waals surface area contributed by atoms with Crippen LogP contribution in [0.4, 0.5) is 4.39 Å². The third-order valence-electron chi connectivity index (χ3n) is 5.96. The Kier molecular flexibility index (Phi) is 5.39. The summed E-state index contributed by atoms with van der Waals surface area (Å²) in [5, 5.41) is 10.4. The summed E-state index contributed by atoms with van der Waals surface area (Å²) in [5.41, 5.74) is 16.8. The van der Waals surface area contributed by atoms with Crippen LogP contribution in [0.5, 0.6) is 0 Å². The molecule has 0 aromatic rings. The largest absolute Gasteiger partial charge is 0.436 e. The molecule has 8 unspecified atom stereocenters. The van der Waals surface area contributed by atoms with Crippen molar-refractivity contribution < 1.29 is 14.2 Å². The fraction of sp³-hybridized carbons (Fsp3) is 0.933. The molecule has 0 aromatic carbocycles. The number of alkyl halides is 1. The third-order valence-corrected chi connectivity index (χ3v) is 5.96. The Morgan fingerprint density at radius 3 is 3.04 bits per heavy atom. The van der Waals surface area contributed by atoms with Gasteiger partial charge in [-0.2, -0.15) is 0 Å². The Labute approximate surface area is 152 Å². The molecule has 0 spiro atoms. The molecule has 0 aliphatic carbocycles. The molecule has 8 atom stereocenters. The number of halogens is 1. The van der Waals surface area contributed by atoms with E-state index in [0.717, 1.165) is 26.2 Å². The van der Waals surface area contributed by atoms with E-state index < -0.39 is 18.3 Å². The van der Waals surface area contributed by atoms with Crippen LogP contribution in [0.15, 0.2) is 0 Å². The maximum absolute atomic E-state index is 13.6. The Bertz CT molecular complexity index is 525. The topological polar surface area (TPSA) is 125 Å². The number of amides is 1. The van der Waals surface area contributed by atoms with Crippen molar-refractivity contribution in [3.05, 3.63) is 5.43 Å². The lowest BCUT2D eigenvalue weighted by atomic mass is 9.96. The molecular formula is C15H30FN9O. The van der Waals surface area contributed by atoms with Gasteiger partial charge in [0.15, 0.2) is 6.17 Å². The van der Waals surface area contributed by atoms with Gasteiger partial charge in [0.2, 0.25) is 5.91 Å². The summed E-state index contributed by atoms with van der Waals surface area (Å²) in [4.78, 5) is 15.4. The summed E-state index contributed by atoms with van der Waals surface area (Å²) in [6, 6.07) is 0.236. The van der Waals surface area contributed by atoms with Crippen LogP contribution in [0.1, 0.15) is 13.3 Å². The quantitative estimate of drug-likeness (QED) is 0.269. The van der Waals surface area contributed by atoms with Crippen molar-refractivity contribution in [2.24, 2.45) is 11.7 Å². The lowest BCUT2D eigenvalue weighted by Crippen LogP contribution is -3.15. The van der Waals surface area contributed by atoms with E-state index in [2.05, 4.69) is 44.1 Å². The number of hydrazine groups is 1. The highest BCUT2D eigenvalue weighted by atomic mass is 19.1. The van der Waals surface area contributed by atoms with Gasteiger partial charge < -0.3 is 26.8 Å². The predicted molar refractivity (Wildman–Crippen MR) is 93.0 cm³/mol. The fourth-order valence-electron chi connectivity index (χ4n) is 4.62. The van der Waals surface area contributed by atoms with E-state index in [-0.39, 0.29) is 43.4 Å². The Morgan fingerprint density at radius 2 is 2.27 bits per heavy atom. The molecule has 0 saturated carbocycles. The first-order valence-corrected chi connectivity index (χ1v) is 9.49. The average molecular weight is 371 g/mol. The lowest BCUT2D eigenvalue weighted by molar-refractivity contribution is -0.891. The van der Waals surface area contributed by atoms with E-state index in [1.807, 2.05) is 0 Å². The molecule has 4 rings (SSSR count). The van der Waals surface area contributed by atoms with Gasteiger partial charge in [-0.3, -0.25) is 15.0 Å². The summed E-state index contributed by atoms with van der Waals surface area (Å²) in [7, 11) is 0. The molecule has 1 amide bonds. The number of carbonyl (C=O) groups excluding carboxylic acids is 1. The van der Waals surface area contributed by atoms with Crippen LogP contribution in [-0.2, 0) is 4.79 Å². The SMILES string of the molecule is CC1NNCN1C1CCNCC1NC(=O)C1C(N)[N-][NH+]2CC(F)CNC12. The zero-order valence-corrected chi connectivity index (χ0v) is 15.0. The highest BCUT2D eigenvalue weighted by molar-refractivity contribution is 5.81. The second-order valence-corrected chi connectivity index (χ2v) is 7.67. The zero-order valence-electron chi connectivity index (χ0n) is 15.0. The van der Waals surface area contributed by atoms with Gasteiger partial charge in [-0.15, -0.1) is 0 Å². The second-order valence-electron chi connectivity index (χ2n) is 7.67. The number of quaternary nitrogens is 1. The number of rotatable bonds is 3. The lowest BCUT2D eigenvalue weighted by Gasteiger charge is -2.40. The first-order chi connectivity index (χ1) is 12.5. The molecule has 4 fully saturated rings. The van der Waals surface area contributed by atoms with Crippen molar-refractivity contribution in [1.29, 1.82) is 0 Å². The van der Waals surface area contributed by atoms with Crippen LogP contribution < -0.4 is 37.5 Å². The zero-order chi connectivity index (χ0) is 18.3. The van der Waals surface area contributed by atoms with Gasteiger partial charge in [0.25, 0.3) is 0 Å². The van der Waals surface area contributed by atoms with E-state index in [1.165, 1.54) is 0 Å². The summed E-state index contributed by atoms with van der Waals surface area (Å²) in [5.74, 6) is -0.579. The van der Waals surface area contributed by atoms with Crippen molar-refractivity contribution in [3.8, 4) is 0 Å². The van der Waals surface area contributed by atoms with Crippen LogP contribution in [0, 0.1) is 5.92 Å². The van der Waals surface area contributed by atoms with Crippen LogP contribution in [0.2, 0.25) is 0 Å². The molecule has 4 aliphatic heterocycles. The first-order valence-electron chi connectivity index (χ1n) is 9.49. The Morgan fingerprint density at radius 1 is 1.42 bits per heavy atom. The fourth-order valence-corrected chi connectivity index (χ4v) is 4.62. The molecular weight excluding hydrogens is 341 g/mol. The maximum Gasteiger partial charge on any atom is 0.230 e. The summed E-state index contributed by atoms with van der Waals surface area (Å²) in [6.07, 6.45) is -0.648. The molecule has 0 bridgehead atoms. The Balaban J connectivity index is 1.42. The van der Waals surface area contributed by atoms with E-state index >= 15 is 0 Å². The first kappa shape index (κ1) is 18.4. The highest BCUT2D eigenvalue weighted by Crippen LogP contribution is 2.20. The molecule has 148 valence electrons. The number of carbonyl (C=O) groups is 1. The number of nitrogens with one attached hydrogen (secondary N) is 6. The minimum Gasteiger partial charge on any atom is -0.436 e. The highest BCUT2D eigenvalue weighted by Gasteiger charge is 2.46. The second kappa shape index (κ2) is 7.60. The number of nitrogens with zero attached hydrogens (tertiary/aromatic N) is 2. The van der Waals surface area contributed by atoms with Crippen LogP contribution in [-0.4, -0.2) is 80.4 Å². The van der Waals surface area contributed by atoms with Crippen molar-refractivity contribution in [1.82, 2.24) is 31.7 Å². The van der Waals surface area contributed by atoms with Crippen molar-refractivity contribution in [3.63, 3.8) is 0 Å².